The first-order valence-electron chi connectivity index (χ1n) is 10.1. The van der Waals surface area contributed by atoms with E-state index < -0.39 is 16.1 Å². The summed E-state index contributed by atoms with van der Waals surface area (Å²) in [5.41, 5.74) is 3.03. The van der Waals surface area contributed by atoms with Gasteiger partial charge in [-0.3, -0.25) is 9.52 Å². The molecule has 1 atom stereocenters. The fourth-order valence-electron chi connectivity index (χ4n) is 2.97. The number of ether oxygens (including phenoxy) is 1. The first-order chi connectivity index (χ1) is 15.2. The van der Waals surface area contributed by atoms with E-state index in [4.69, 9.17) is 16.3 Å². The zero-order valence-electron chi connectivity index (χ0n) is 18.1. The molecule has 0 fully saturated rings. The summed E-state index contributed by atoms with van der Waals surface area (Å²) in [7, 11) is -3.76. The van der Waals surface area contributed by atoms with Crippen LogP contribution in [0.3, 0.4) is 0 Å². The van der Waals surface area contributed by atoms with Crippen LogP contribution in [-0.2, 0) is 14.8 Å². The highest BCUT2D eigenvalue weighted by Crippen LogP contribution is 2.25. The van der Waals surface area contributed by atoms with Gasteiger partial charge >= 0.3 is 0 Å². The van der Waals surface area contributed by atoms with Crippen LogP contribution in [0.4, 0.5) is 11.4 Å². The Morgan fingerprint density at radius 1 is 0.969 bits per heavy atom. The number of carbonyl (C=O) groups excluding carboxylic acids is 1. The highest BCUT2D eigenvalue weighted by atomic mass is 35.5. The lowest BCUT2D eigenvalue weighted by Crippen LogP contribution is -2.32. The van der Waals surface area contributed by atoms with E-state index in [0.717, 1.165) is 11.1 Å². The van der Waals surface area contributed by atoms with Crippen LogP contribution >= 0.6 is 11.6 Å². The Morgan fingerprint density at radius 2 is 1.62 bits per heavy atom. The molecule has 0 aliphatic rings. The summed E-state index contributed by atoms with van der Waals surface area (Å²) in [5, 5.41) is 3.17. The molecule has 2 N–H and O–H groups in total. The van der Waals surface area contributed by atoms with Crippen molar-refractivity contribution in [2.45, 2.75) is 38.2 Å². The maximum Gasteiger partial charge on any atom is 0.265 e. The van der Waals surface area contributed by atoms with Crippen molar-refractivity contribution in [2.75, 3.05) is 10.0 Å². The number of benzene rings is 3. The first kappa shape index (κ1) is 23.6. The summed E-state index contributed by atoms with van der Waals surface area (Å²) in [4.78, 5) is 12.7. The quantitative estimate of drug-likeness (QED) is 0.450. The van der Waals surface area contributed by atoms with Gasteiger partial charge in [0.05, 0.1) is 9.92 Å². The summed E-state index contributed by atoms with van der Waals surface area (Å²) >= 11 is 6.11. The summed E-state index contributed by atoms with van der Waals surface area (Å²) in [6.45, 7) is 5.71. The van der Waals surface area contributed by atoms with Crippen molar-refractivity contribution in [1.29, 1.82) is 0 Å². The molecular weight excluding hydrogens is 448 g/mol. The maximum atomic E-state index is 12.7. The van der Waals surface area contributed by atoms with Crippen molar-refractivity contribution in [3.63, 3.8) is 0 Å². The molecule has 0 radical (unpaired) electrons. The molecule has 0 saturated heterocycles. The van der Waals surface area contributed by atoms with Crippen molar-refractivity contribution in [2.24, 2.45) is 0 Å². The Balaban J connectivity index is 1.68. The Kier molecular flexibility index (Phi) is 7.43. The van der Waals surface area contributed by atoms with Gasteiger partial charge in [0.25, 0.3) is 15.9 Å². The summed E-state index contributed by atoms with van der Waals surface area (Å²) in [6.07, 6.45) is -0.312. The minimum Gasteiger partial charge on any atom is -0.479 e. The SMILES string of the molecule is CC[C@H](Oc1ccccc1Cl)C(=O)Nc1ccc(S(=O)(=O)Nc2ccc(C)c(C)c2)cc1. The molecule has 1 amide bonds. The molecule has 0 spiro atoms. The van der Waals surface area contributed by atoms with E-state index in [0.29, 0.717) is 28.6 Å². The number of rotatable bonds is 8. The Labute approximate surface area is 193 Å². The van der Waals surface area contributed by atoms with Gasteiger partial charge in [-0.15, -0.1) is 0 Å². The van der Waals surface area contributed by atoms with Gasteiger partial charge in [-0.25, -0.2) is 8.42 Å². The molecule has 0 bridgehead atoms. The number of hydrogen-bond acceptors (Lipinski definition) is 4. The second-order valence-electron chi connectivity index (χ2n) is 7.36. The van der Waals surface area contributed by atoms with Crippen molar-refractivity contribution in [3.8, 4) is 5.75 Å². The monoisotopic (exact) mass is 472 g/mol. The van der Waals surface area contributed by atoms with E-state index in [-0.39, 0.29) is 10.8 Å². The lowest BCUT2D eigenvalue weighted by molar-refractivity contribution is -0.122. The number of anilines is 2. The molecule has 3 aromatic rings. The van der Waals surface area contributed by atoms with Crippen LogP contribution in [0.1, 0.15) is 24.5 Å². The van der Waals surface area contributed by atoms with Crippen LogP contribution < -0.4 is 14.8 Å². The molecule has 0 aromatic heterocycles. The molecule has 0 unspecified atom stereocenters. The highest BCUT2D eigenvalue weighted by Gasteiger charge is 2.20. The van der Waals surface area contributed by atoms with E-state index >= 15 is 0 Å². The van der Waals surface area contributed by atoms with Gasteiger partial charge in [0.2, 0.25) is 0 Å². The van der Waals surface area contributed by atoms with E-state index in [9.17, 15) is 13.2 Å². The fraction of sp³-hybridized carbons (Fsp3) is 0.208. The minimum atomic E-state index is -3.76. The number of nitrogens with one attached hydrogen (secondary N) is 2. The largest absolute Gasteiger partial charge is 0.479 e. The van der Waals surface area contributed by atoms with E-state index in [2.05, 4.69) is 10.0 Å². The van der Waals surface area contributed by atoms with Gasteiger partial charge in [-0.05, 0) is 79.9 Å². The number of carbonyl (C=O) groups is 1. The summed E-state index contributed by atoms with van der Waals surface area (Å²) < 4.78 is 33.7. The molecule has 0 aliphatic heterocycles. The number of amides is 1. The van der Waals surface area contributed by atoms with Crippen LogP contribution in [0.25, 0.3) is 0 Å². The van der Waals surface area contributed by atoms with Gasteiger partial charge in [0, 0.05) is 11.4 Å². The predicted octanol–water partition coefficient (Wildman–Crippen LogP) is 5.55. The average molecular weight is 473 g/mol. The van der Waals surface area contributed by atoms with Crippen LogP contribution in [0, 0.1) is 13.8 Å². The third-order valence-corrected chi connectivity index (χ3v) is 6.67. The van der Waals surface area contributed by atoms with Crippen molar-refractivity contribution < 1.29 is 17.9 Å². The topological polar surface area (TPSA) is 84.5 Å². The lowest BCUT2D eigenvalue weighted by atomic mass is 10.1. The van der Waals surface area contributed by atoms with Gasteiger partial charge in [-0.1, -0.05) is 36.7 Å². The van der Waals surface area contributed by atoms with Gasteiger partial charge in [0.15, 0.2) is 6.10 Å². The zero-order chi connectivity index (χ0) is 23.3. The normalized spacial score (nSPS) is 12.1. The molecular formula is C24H25ClN2O4S. The number of hydrogen-bond donors (Lipinski definition) is 2. The van der Waals surface area contributed by atoms with Crippen LogP contribution in [0.5, 0.6) is 5.75 Å². The smallest absolute Gasteiger partial charge is 0.265 e. The number of sulfonamides is 1. The second kappa shape index (κ2) is 10.1. The fourth-order valence-corrected chi connectivity index (χ4v) is 4.20. The van der Waals surface area contributed by atoms with Gasteiger partial charge < -0.3 is 10.1 Å². The first-order valence-corrected chi connectivity index (χ1v) is 12.0. The minimum absolute atomic E-state index is 0.0908. The second-order valence-corrected chi connectivity index (χ2v) is 9.45. The average Bonchev–Trinajstić information content (AvgIpc) is 2.76. The molecule has 0 aliphatic carbocycles. The van der Waals surface area contributed by atoms with Gasteiger partial charge in [0.1, 0.15) is 5.75 Å². The summed E-state index contributed by atoms with van der Waals surface area (Å²) in [6, 6.07) is 18.3. The third-order valence-electron chi connectivity index (χ3n) is 4.96. The van der Waals surface area contributed by atoms with Crippen LogP contribution in [0.2, 0.25) is 5.02 Å². The number of para-hydroxylation sites is 1. The molecule has 6 nitrogen and oxygen atoms in total. The number of halogens is 1. The Morgan fingerprint density at radius 3 is 2.25 bits per heavy atom. The number of aryl methyl sites for hydroxylation is 2. The van der Waals surface area contributed by atoms with E-state index in [1.54, 1.807) is 36.4 Å². The van der Waals surface area contributed by atoms with E-state index in [1.807, 2.05) is 26.8 Å². The molecule has 0 saturated carbocycles. The van der Waals surface area contributed by atoms with E-state index in [1.165, 1.54) is 24.3 Å². The molecule has 168 valence electrons. The zero-order valence-corrected chi connectivity index (χ0v) is 19.6. The Hall–Kier alpha value is -3.03. The lowest BCUT2D eigenvalue weighted by Gasteiger charge is -2.18. The molecule has 0 heterocycles. The van der Waals surface area contributed by atoms with Crippen LogP contribution in [-0.4, -0.2) is 20.4 Å². The molecule has 32 heavy (non-hydrogen) atoms. The summed E-state index contributed by atoms with van der Waals surface area (Å²) in [5.74, 6) is 0.0753. The van der Waals surface area contributed by atoms with Gasteiger partial charge in [-0.2, -0.15) is 0 Å². The highest BCUT2D eigenvalue weighted by molar-refractivity contribution is 7.92. The van der Waals surface area contributed by atoms with Crippen LogP contribution in [0.15, 0.2) is 71.6 Å². The molecule has 3 aromatic carbocycles. The van der Waals surface area contributed by atoms with Crippen molar-refractivity contribution in [1.82, 2.24) is 0 Å². The van der Waals surface area contributed by atoms with Crippen molar-refractivity contribution >= 4 is 38.9 Å². The standard InChI is InChI=1S/C24H25ClN2O4S/c1-4-22(31-23-8-6-5-7-21(23)25)24(28)26-18-11-13-20(14-12-18)32(29,30)27-19-10-9-16(2)17(3)15-19/h5-15,22,27H,4H2,1-3H3,(H,26,28)/t22-/m0/s1. The molecule has 3 rings (SSSR count). The maximum absolute atomic E-state index is 12.7. The third kappa shape index (κ3) is 5.81. The van der Waals surface area contributed by atoms with Crippen molar-refractivity contribution in [3.05, 3.63) is 82.9 Å². The Bertz CT molecular complexity index is 1210. The predicted molar refractivity (Wildman–Crippen MR) is 128 cm³/mol. The molecule has 8 heteroatoms.